The highest BCUT2D eigenvalue weighted by Gasteiger charge is 2.30. The smallest absolute Gasteiger partial charge is 0.331 e. The lowest BCUT2D eigenvalue weighted by atomic mass is 9.72. The van der Waals surface area contributed by atoms with Gasteiger partial charge in [-0.2, -0.15) is 0 Å². The Labute approximate surface area is 164 Å². The van der Waals surface area contributed by atoms with E-state index in [0.717, 1.165) is 28.7 Å². The molecule has 0 saturated carbocycles. The number of esters is 1. The van der Waals surface area contributed by atoms with E-state index in [-0.39, 0.29) is 17.2 Å². The van der Waals surface area contributed by atoms with Crippen LogP contribution in [-0.2, 0) is 14.3 Å². The van der Waals surface area contributed by atoms with E-state index < -0.39 is 5.60 Å². The van der Waals surface area contributed by atoms with E-state index in [0.29, 0.717) is 6.42 Å². The fraction of sp³-hybridized carbons (Fsp3) is 0.500. The van der Waals surface area contributed by atoms with Gasteiger partial charge in [-0.3, -0.25) is 4.79 Å². The van der Waals surface area contributed by atoms with Crippen molar-refractivity contribution in [1.82, 2.24) is 0 Å². The predicted octanol–water partition coefficient (Wildman–Crippen LogP) is 6.04. The van der Waals surface area contributed by atoms with Crippen molar-refractivity contribution >= 4 is 11.8 Å². The minimum Gasteiger partial charge on any atom is -0.457 e. The monoisotopic (exact) mass is 370 g/mol. The van der Waals surface area contributed by atoms with Crippen molar-refractivity contribution < 1.29 is 14.3 Å². The lowest BCUT2D eigenvalue weighted by Gasteiger charge is -2.32. The second-order valence-corrected chi connectivity index (χ2v) is 8.87. The molecular formula is C24H34O3. The Morgan fingerprint density at radius 2 is 1.74 bits per heavy atom. The summed E-state index contributed by atoms with van der Waals surface area (Å²) in [7, 11) is 0. The van der Waals surface area contributed by atoms with Crippen LogP contribution >= 0.6 is 0 Å². The van der Waals surface area contributed by atoms with E-state index >= 15 is 0 Å². The first-order valence-electron chi connectivity index (χ1n) is 9.51. The second kappa shape index (κ2) is 9.16. The Morgan fingerprint density at radius 1 is 1.11 bits per heavy atom. The summed E-state index contributed by atoms with van der Waals surface area (Å²) in [6, 6.07) is 0. The topological polar surface area (TPSA) is 43.4 Å². The Bertz CT molecular complexity index is 732. The van der Waals surface area contributed by atoms with Crippen LogP contribution in [0.2, 0.25) is 0 Å². The van der Waals surface area contributed by atoms with Crippen LogP contribution in [0.4, 0.5) is 0 Å². The maximum absolute atomic E-state index is 12.0. The molecule has 3 heteroatoms. The molecule has 0 fully saturated rings. The van der Waals surface area contributed by atoms with Crippen molar-refractivity contribution in [1.29, 1.82) is 0 Å². The average molecular weight is 371 g/mol. The molecule has 1 rings (SSSR count). The van der Waals surface area contributed by atoms with Gasteiger partial charge in [-0.25, -0.2) is 4.79 Å². The molecular weight excluding hydrogens is 336 g/mol. The number of carbonyl (C=O) groups excluding carboxylic acids is 2. The molecule has 1 aliphatic carbocycles. The van der Waals surface area contributed by atoms with Gasteiger partial charge in [0.1, 0.15) is 5.60 Å². The molecule has 0 bridgehead atoms. The van der Waals surface area contributed by atoms with Crippen LogP contribution in [-0.4, -0.2) is 17.4 Å². The van der Waals surface area contributed by atoms with Gasteiger partial charge in [0.05, 0.1) is 0 Å². The highest BCUT2D eigenvalue weighted by atomic mass is 16.6. The van der Waals surface area contributed by atoms with Crippen molar-refractivity contribution in [2.75, 3.05) is 0 Å². The first-order valence-corrected chi connectivity index (χ1v) is 9.51. The van der Waals surface area contributed by atoms with Crippen LogP contribution in [0.5, 0.6) is 0 Å². The lowest BCUT2D eigenvalue weighted by Crippen LogP contribution is -2.24. The molecule has 0 aliphatic heterocycles. The second-order valence-electron chi connectivity index (χ2n) is 8.87. The van der Waals surface area contributed by atoms with Crippen LogP contribution in [0, 0.1) is 5.41 Å². The van der Waals surface area contributed by atoms with Crippen LogP contribution in [0.25, 0.3) is 0 Å². The molecule has 148 valence electrons. The lowest BCUT2D eigenvalue weighted by molar-refractivity contribution is -0.148. The molecule has 0 saturated heterocycles. The van der Waals surface area contributed by atoms with Gasteiger partial charge < -0.3 is 4.74 Å². The molecule has 0 aromatic carbocycles. The summed E-state index contributed by atoms with van der Waals surface area (Å²) in [6.07, 6.45) is 12.9. The molecule has 27 heavy (non-hydrogen) atoms. The third kappa shape index (κ3) is 7.94. The molecule has 0 spiro atoms. The zero-order chi connectivity index (χ0) is 20.8. The summed E-state index contributed by atoms with van der Waals surface area (Å²) >= 11 is 0. The molecule has 0 radical (unpaired) electrons. The SMILES string of the molecule is CC1=C(/C=C/C(C)=C/C=C/C(C)=C/C(=O)OC(C)(C)C)C(C)(C)CCC1=O. The van der Waals surface area contributed by atoms with Gasteiger partial charge in [-0.05, 0) is 70.1 Å². The van der Waals surface area contributed by atoms with Crippen LogP contribution in [0.15, 0.2) is 58.7 Å². The maximum Gasteiger partial charge on any atom is 0.331 e. The summed E-state index contributed by atoms with van der Waals surface area (Å²) < 4.78 is 5.27. The molecule has 0 aromatic heterocycles. The molecule has 0 aromatic rings. The van der Waals surface area contributed by atoms with Gasteiger partial charge in [-0.15, -0.1) is 0 Å². The molecule has 0 heterocycles. The van der Waals surface area contributed by atoms with Gasteiger partial charge in [0.25, 0.3) is 0 Å². The Morgan fingerprint density at radius 3 is 2.33 bits per heavy atom. The van der Waals surface area contributed by atoms with Crippen LogP contribution in [0.3, 0.4) is 0 Å². The zero-order valence-electron chi connectivity index (χ0n) is 18.1. The van der Waals surface area contributed by atoms with Gasteiger partial charge in [0, 0.05) is 12.5 Å². The van der Waals surface area contributed by atoms with E-state index in [9.17, 15) is 9.59 Å². The molecule has 0 amide bonds. The largest absolute Gasteiger partial charge is 0.457 e. The molecule has 3 nitrogen and oxygen atoms in total. The molecule has 0 atom stereocenters. The Balaban J connectivity index is 2.81. The molecule has 1 aliphatic rings. The average Bonchev–Trinajstić information content (AvgIpc) is 2.49. The minimum atomic E-state index is -0.486. The fourth-order valence-corrected chi connectivity index (χ4v) is 2.94. The number of ketones is 1. The van der Waals surface area contributed by atoms with Crippen molar-refractivity contribution in [3.63, 3.8) is 0 Å². The number of Topliss-reactive ketones (excluding diaryl/α,β-unsaturated/α-hetero) is 1. The van der Waals surface area contributed by atoms with Gasteiger partial charge in [0.15, 0.2) is 5.78 Å². The quantitative estimate of drug-likeness (QED) is 0.337. The van der Waals surface area contributed by atoms with E-state index in [4.69, 9.17) is 4.74 Å². The number of hydrogen-bond acceptors (Lipinski definition) is 3. The normalized spacial score (nSPS) is 19.3. The summed E-state index contributed by atoms with van der Waals surface area (Å²) in [4.78, 5) is 23.8. The van der Waals surface area contributed by atoms with E-state index in [1.165, 1.54) is 6.08 Å². The molecule has 0 N–H and O–H groups in total. The van der Waals surface area contributed by atoms with E-state index in [1.807, 2.05) is 65.8 Å². The van der Waals surface area contributed by atoms with Gasteiger partial charge in [-0.1, -0.05) is 49.8 Å². The summed E-state index contributed by atoms with van der Waals surface area (Å²) in [5, 5.41) is 0. The van der Waals surface area contributed by atoms with Crippen LogP contribution < -0.4 is 0 Å². The summed E-state index contributed by atoms with van der Waals surface area (Å²) in [6.45, 7) is 15.7. The number of rotatable bonds is 5. The Hall–Kier alpha value is -2.16. The van der Waals surface area contributed by atoms with Crippen molar-refractivity contribution in [2.45, 2.75) is 73.8 Å². The third-order valence-corrected chi connectivity index (χ3v) is 4.51. The maximum atomic E-state index is 12.0. The number of carbonyl (C=O) groups is 2. The summed E-state index contributed by atoms with van der Waals surface area (Å²) in [5.41, 5.74) is 3.44. The van der Waals surface area contributed by atoms with Crippen molar-refractivity contribution in [2.24, 2.45) is 5.41 Å². The standard InChI is InChI=1S/C24H34O3/c1-17(10-9-11-18(2)16-22(26)27-23(4,5)6)12-13-20-19(3)21(25)14-15-24(20,7)8/h9-13,16H,14-15H2,1-8H3/b11-9+,13-12+,17-10+,18-16+. The third-order valence-electron chi connectivity index (χ3n) is 4.51. The van der Waals surface area contributed by atoms with Gasteiger partial charge >= 0.3 is 5.97 Å². The first kappa shape index (κ1) is 22.9. The number of allylic oxidation sites excluding steroid dienone is 9. The van der Waals surface area contributed by atoms with Crippen LogP contribution in [0.1, 0.15) is 68.2 Å². The molecule has 0 unspecified atom stereocenters. The van der Waals surface area contributed by atoms with E-state index in [2.05, 4.69) is 19.9 Å². The van der Waals surface area contributed by atoms with Crippen molar-refractivity contribution in [3.05, 3.63) is 58.7 Å². The minimum absolute atomic E-state index is 0.0252. The highest BCUT2D eigenvalue weighted by Crippen LogP contribution is 2.39. The predicted molar refractivity (Wildman–Crippen MR) is 112 cm³/mol. The summed E-state index contributed by atoms with van der Waals surface area (Å²) in [5.74, 6) is -0.0877. The first-order chi connectivity index (χ1) is 12.3. The van der Waals surface area contributed by atoms with Gasteiger partial charge in [0.2, 0.25) is 0 Å². The zero-order valence-corrected chi connectivity index (χ0v) is 18.1. The van der Waals surface area contributed by atoms with E-state index in [1.54, 1.807) is 0 Å². The number of hydrogen-bond donors (Lipinski definition) is 0. The Kier molecular flexibility index (Phi) is 7.77. The number of ether oxygens (including phenoxy) is 1. The highest BCUT2D eigenvalue weighted by molar-refractivity contribution is 5.97. The van der Waals surface area contributed by atoms with Crippen molar-refractivity contribution in [3.8, 4) is 0 Å². The fourth-order valence-electron chi connectivity index (χ4n) is 2.94.